The highest BCUT2D eigenvalue weighted by Gasteiger charge is 2.10. The molecule has 0 fully saturated rings. The van der Waals surface area contributed by atoms with E-state index in [0.717, 1.165) is 17.1 Å². The van der Waals surface area contributed by atoms with E-state index in [0.29, 0.717) is 29.1 Å². The van der Waals surface area contributed by atoms with Gasteiger partial charge in [-0.25, -0.2) is 4.98 Å². The summed E-state index contributed by atoms with van der Waals surface area (Å²) in [6.07, 6.45) is 1.73. The summed E-state index contributed by atoms with van der Waals surface area (Å²) in [6.45, 7) is 2.70. The summed E-state index contributed by atoms with van der Waals surface area (Å²) >= 11 is 6.10. The third-order valence-corrected chi connectivity index (χ3v) is 3.65. The van der Waals surface area contributed by atoms with E-state index in [-0.39, 0.29) is 0 Å². The first-order valence-corrected chi connectivity index (χ1v) is 8.22. The third kappa shape index (κ3) is 4.16. The van der Waals surface area contributed by atoms with Crippen molar-refractivity contribution in [3.8, 4) is 17.1 Å². The van der Waals surface area contributed by atoms with Crippen LogP contribution in [0.5, 0.6) is 5.75 Å². The number of rotatable bonds is 6. The Morgan fingerprint density at radius 3 is 2.68 bits per heavy atom. The molecular weight excluding hydrogens is 338 g/mol. The molecule has 2 aromatic heterocycles. The van der Waals surface area contributed by atoms with Crippen molar-refractivity contribution in [2.75, 3.05) is 24.3 Å². The lowest BCUT2D eigenvalue weighted by Gasteiger charge is -2.13. The molecule has 128 valence electrons. The monoisotopic (exact) mass is 355 g/mol. The van der Waals surface area contributed by atoms with Crippen LogP contribution in [0.2, 0.25) is 5.02 Å². The Hall–Kier alpha value is -2.86. The lowest BCUT2D eigenvalue weighted by molar-refractivity contribution is 0.417. The molecule has 0 aliphatic carbocycles. The molecular formula is C18H18ClN5O. The fraction of sp³-hybridized carbons (Fsp3) is 0.167. The van der Waals surface area contributed by atoms with Crippen molar-refractivity contribution >= 4 is 29.1 Å². The second-order valence-electron chi connectivity index (χ2n) is 5.18. The number of pyridine rings is 1. The molecule has 2 N–H and O–H groups in total. The summed E-state index contributed by atoms with van der Waals surface area (Å²) in [4.78, 5) is 13.4. The van der Waals surface area contributed by atoms with E-state index < -0.39 is 0 Å². The van der Waals surface area contributed by atoms with Crippen LogP contribution in [0.3, 0.4) is 0 Å². The average Bonchev–Trinajstić information content (AvgIpc) is 2.63. The SMILES string of the molecule is CCNc1nc(Nc2cc(Cl)ccc2OC)cc(-c2ccccn2)n1. The van der Waals surface area contributed by atoms with Crippen LogP contribution >= 0.6 is 11.6 Å². The lowest BCUT2D eigenvalue weighted by atomic mass is 10.2. The van der Waals surface area contributed by atoms with Crippen LogP contribution in [0.4, 0.5) is 17.5 Å². The van der Waals surface area contributed by atoms with E-state index in [2.05, 4.69) is 25.6 Å². The molecule has 2 heterocycles. The van der Waals surface area contributed by atoms with Crippen molar-refractivity contribution in [2.24, 2.45) is 0 Å². The van der Waals surface area contributed by atoms with E-state index >= 15 is 0 Å². The van der Waals surface area contributed by atoms with E-state index in [4.69, 9.17) is 16.3 Å². The van der Waals surface area contributed by atoms with Gasteiger partial charge in [0.25, 0.3) is 0 Å². The molecule has 0 radical (unpaired) electrons. The van der Waals surface area contributed by atoms with E-state index in [1.54, 1.807) is 31.5 Å². The maximum absolute atomic E-state index is 6.10. The Balaban J connectivity index is 2.01. The number of methoxy groups -OCH3 is 1. The zero-order valence-electron chi connectivity index (χ0n) is 14.0. The normalized spacial score (nSPS) is 10.4. The van der Waals surface area contributed by atoms with Crippen molar-refractivity contribution in [2.45, 2.75) is 6.92 Å². The number of hydrogen-bond acceptors (Lipinski definition) is 6. The van der Waals surface area contributed by atoms with Crippen LogP contribution in [0.25, 0.3) is 11.4 Å². The first kappa shape index (κ1) is 17.0. The standard InChI is InChI=1S/C18H18ClN5O/c1-3-20-18-23-14(13-6-4-5-9-21-13)11-17(24-18)22-15-10-12(19)7-8-16(15)25-2/h4-11H,3H2,1-2H3,(H2,20,22,23,24). The average molecular weight is 356 g/mol. The molecule has 3 aromatic rings. The first-order valence-electron chi connectivity index (χ1n) is 7.84. The van der Waals surface area contributed by atoms with Gasteiger partial charge in [-0.05, 0) is 37.3 Å². The second-order valence-corrected chi connectivity index (χ2v) is 5.61. The first-order chi connectivity index (χ1) is 12.2. The van der Waals surface area contributed by atoms with E-state index in [1.807, 2.05) is 31.2 Å². The Morgan fingerprint density at radius 1 is 1.08 bits per heavy atom. The van der Waals surface area contributed by atoms with Gasteiger partial charge < -0.3 is 15.4 Å². The summed E-state index contributed by atoms with van der Waals surface area (Å²) in [7, 11) is 1.61. The molecule has 6 nitrogen and oxygen atoms in total. The zero-order chi connectivity index (χ0) is 17.6. The van der Waals surface area contributed by atoms with Gasteiger partial charge in [-0.3, -0.25) is 4.98 Å². The van der Waals surface area contributed by atoms with Gasteiger partial charge in [-0.1, -0.05) is 17.7 Å². The number of nitrogens with zero attached hydrogens (tertiary/aromatic N) is 3. The van der Waals surface area contributed by atoms with Crippen LogP contribution in [0, 0.1) is 0 Å². The van der Waals surface area contributed by atoms with Gasteiger partial charge in [0, 0.05) is 23.8 Å². The van der Waals surface area contributed by atoms with Crippen LogP contribution in [0.1, 0.15) is 6.92 Å². The third-order valence-electron chi connectivity index (χ3n) is 3.41. The minimum atomic E-state index is 0.522. The minimum absolute atomic E-state index is 0.522. The minimum Gasteiger partial charge on any atom is -0.495 e. The summed E-state index contributed by atoms with van der Waals surface area (Å²) < 4.78 is 5.37. The lowest BCUT2D eigenvalue weighted by Crippen LogP contribution is -2.06. The number of halogens is 1. The fourth-order valence-corrected chi connectivity index (χ4v) is 2.48. The number of anilines is 3. The second kappa shape index (κ2) is 7.81. The smallest absolute Gasteiger partial charge is 0.225 e. The highest BCUT2D eigenvalue weighted by molar-refractivity contribution is 6.31. The predicted octanol–water partition coefficient (Wildman–Crippen LogP) is 4.38. The molecule has 0 saturated carbocycles. The van der Waals surface area contributed by atoms with Crippen LogP contribution in [-0.4, -0.2) is 28.6 Å². The molecule has 0 atom stereocenters. The predicted molar refractivity (Wildman–Crippen MR) is 101 cm³/mol. The highest BCUT2D eigenvalue weighted by Crippen LogP contribution is 2.31. The molecule has 0 aliphatic rings. The van der Waals surface area contributed by atoms with E-state index in [1.165, 1.54) is 0 Å². The Kier molecular flexibility index (Phi) is 5.30. The summed E-state index contributed by atoms with van der Waals surface area (Å²) in [5.41, 5.74) is 2.21. The fourth-order valence-electron chi connectivity index (χ4n) is 2.31. The summed E-state index contributed by atoms with van der Waals surface area (Å²) in [5, 5.41) is 6.99. The molecule has 0 amide bonds. The summed E-state index contributed by atoms with van der Waals surface area (Å²) in [6, 6.07) is 12.9. The zero-order valence-corrected chi connectivity index (χ0v) is 14.7. The van der Waals surface area contributed by atoms with E-state index in [9.17, 15) is 0 Å². The number of benzene rings is 1. The Morgan fingerprint density at radius 2 is 1.96 bits per heavy atom. The van der Waals surface area contributed by atoms with Gasteiger partial charge in [0.15, 0.2) is 0 Å². The van der Waals surface area contributed by atoms with Gasteiger partial charge in [0.1, 0.15) is 11.6 Å². The molecule has 25 heavy (non-hydrogen) atoms. The van der Waals surface area contributed by atoms with Crippen LogP contribution < -0.4 is 15.4 Å². The topological polar surface area (TPSA) is 72.0 Å². The Bertz CT molecular complexity index is 857. The number of ether oxygens (including phenoxy) is 1. The molecule has 0 unspecified atom stereocenters. The maximum Gasteiger partial charge on any atom is 0.225 e. The van der Waals surface area contributed by atoms with Crippen molar-refractivity contribution in [3.05, 3.63) is 53.7 Å². The molecule has 0 bridgehead atoms. The van der Waals surface area contributed by atoms with Crippen LogP contribution in [-0.2, 0) is 0 Å². The molecule has 1 aromatic carbocycles. The van der Waals surface area contributed by atoms with Gasteiger partial charge in [-0.15, -0.1) is 0 Å². The number of nitrogens with one attached hydrogen (secondary N) is 2. The van der Waals surface area contributed by atoms with Gasteiger partial charge in [0.05, 0.1) is 24.2 Å². The van der Waals surface area contributed by atoms with Crippen molar-refractivity contribution in [3.63, 3.8) is 0 Å². The van der Waals surface area contributed by atoms with Crippen LogP contribution in [0.15, 0.2) is 48.7 Å². The largest absolute Gasteiger partial charge is 0.495 e. The Labute approximate surface area is 151 Å². The van der Waals surface area contributed by atoms with Crippen molar-refractivity contribution in [1.29, 1.82) is 0 Å². The molecule has 0 aliphatic heterocycles. The van der Waals surface area contributed by atoms with Crippen molar-refractivity contribution < 1.29 is 4.74 Å². The number of aromatic nitrogens is 3. The molecule has 7 heteroatoms. The summed E-state index contributed by atoms with van der Waals surface area (Å²) in [5.74, 6) is 1.81. The van der Waals surface area contributed by atoms with Gasteiger partial charge >= 0.3 is 0 Å². The quantitative estimate of drug-likeness (QED) is 0.683. The number of hydrogen-bond donors (Lipinski definition) is 2. The molecule has 3 rings (SSSR count). The van der Waals surface area contributed by atoms with Gasteiger partial charge in [0.2, 0.25) is 5.95 Å². The maximum atomic E-state index is 6.10. The molecule has 0 spiro atoms. The molecule has 0 saturated heterocycles. The van der Waals surface area contributed by atoms with Gasteiger partial charge in [-0.2, -0.15) is 4.98 Å². The highest BCUT2D eigenvalue weighted by atomic mass is 35.5. The van der Waals surface area contributed by atoms with Crippen molar-refractivity contribution in [1.82, 2.24) is 15.0 Å².